The molecule has 4 heterocycles. The molecular formula is C25H18N4S2. The number of hydrogen-bond acceptors (Lipinski definition) is 6. The van der Waals surface area contributed by atoms with Crippen molar-refractivity contribution in [3.8, 4) is 11.3 Å². The molecule has 0 N–H and O–H groups in total. The van der Waals surface area contributed by atoms with E-state index in [2.05, 4.69) is 53.2 Å². The predicted octanol–water partition coefficient (Wildman–Crippen LogP) is 6.78. The van der Waals surface area contributed by atoms with Crippen LogP contribution < -0.4 is 5.01 Å². The predicted molar refractivity (Wildman–Crippen MR) is 130 cm³/mol. The molecular weight excluding hydrogens is 420 g/mol. The molecule has 0 amide bonds. The van der Waals surface area contributed by atoms with Crippen LogP contribution in [0.2, 0.25) is 0 Å². The monoisotopic (exact) mass is 438 g/mol. The van der Waals surface area contributed by atoms with Gasteiger partial charge in [-0.1, -0.05) is 60.7 Å². The van der Waals surface area contributed by atoms with Crippen LogP contribution in [0.15, 0.2) is 94.7 Å². The summed E-state index contributed by atoms with van der Waals surface area (Å²) in [6.45, 7) is 0. The van der Waals surface area contributed by atoms with Gasteiger partial charge in [0.05, 0.1) is 27.8 Å². The lowest BCUT2D eigenvalue weighted by molar-refractivity contribution is 0.700. The van der Waals surface area contributed by atoms with E-state index < -0.39 is 0 Å². The van der Waals surface area contributed by atoms with Gasteiger partial charge in [0.1, 0.15) is 0 Å². The second-order valence-corrected chi connectivity index (χ2v) is 9.29. The van der Waals surface area contributed by atoms with Crippen LogP contribution in [0.1, 0.15) is 22.2 Å². The zero-order valence-electron chi connectivity index (χ0n) is 16.6. The molecule has 0 fully saturated rings. The Morgan fingerprint density at radius 2 is 1.58 bits per heavy atom. The number of thiophene rings is 2. The van der Waals surface area contributed by atoms with E-state index >= 15 is 0 Å². The number of nitrogens with zero attached hydrogens (tertiary/aromatic N) is 4. The second kappa shape index (κ2) is 7.72. The van der Waals surface area contributed by atoms with Crippen molar-refractivity contribution >= 4 is 45.2 Å². The van der Waals surface area contributed by atoms with Crippen molar-refractivity contribution in [2.45, 2.75) is 12.5 Å². The SMILES string of the molecule is c1ccc(-c2nc(N3N=C(c4cccs4)C[C@@H]3c3cccs3)nc3ccccc23)cc1. The maximum atomic E-state index is 5.04. The molecule has 5 aromatic rings. The van der Waals surface area contributed by atoms with Crippen LogP contribution in [0, 0.1) is 0 Å². The van der Waals surface area contributed by atoms with Gasteiger partial charge in [-0.3, -0.25) is 0 Å². The van der Waals surface area contributed by atoms with Crippen LogP contribution in [0.5, 0.6) is 0 Å². The molecule has 3 aromatic heterocycles. The number of para-hydroxylation sites is 1. The second-order valence-electron chi connectivity index (χ2n) is 7.36. The van der Waals surface area contributed by atoms with Gasteiger partial charge in [-0.05, 0) is 29.0 Å². The lowest BCUT2D eigenvalue weighted by Gasteiger charge is -2.21. The van der Waals surface area contributed by atoms with E-state index in [-0.39, 0.29) is 6.04 Å². The Kier molecular flexibility index (Phi) is 4.59. The van der Waals surface area contributed by atoms with Gasteiger partial charge < -0.3 is 0 Å². The molecule has 0 unspecified atom stereocenters. The van der Waals surface area contributed by atoms with E-state index in [1.807, 2.05) is 41.4 Å². The largest absolute Gasteiger partial charge is 0.247 e. The Balaban J connectivity index is 1.54. The summed E-state index contributed by atoms with van der Waals surface area (Å²) in [6.07, 6.45) is 0.845. The maximum Gasteiger partial charge on any atom is 0.247 e. The highest BCUT2D eigenvalue weighted by Gasteiger charge is 2.33. The van der Waals surface area contributed by atoms with Gasteiger partial charge in [-0.25, -0.2) is 15.0 Å². The van der Waals surface area contributed by atoms with E-state index in [1.54, 1.807) is 22.7 Å². The summed E-state index contributed by atoms with van der Waals surface area (Å²) < 4.78 is 0. The lowest BCUT2D eigenvalue weighted by Crippen LogP contribution is -2.20. The molecule has 0 saturated carbocycles. The fraction of sp³-hybridized carbons (Fsp3) is 0.0800. The minimum atomic E-state index is 0.0990. The van der Waals surface area contributed by atoms with Gasteiger partial charge in [0, 0.05) is 22.2 Å². The number of hydrazone groups is 1. The summed E-state index contributed by atoms with van der Waals surface area (Å²) in [6, 6.07) is 27.1. The quantitative estimate of drug-likeness (QED) is 0.311. The Bertz CT molecular complexity index is 1360. The summed E-state index contributed by atoms with van der Waals surface area (Å²) in [4.78, 5) is 12.5. The number of hydrogen-bond donors (Lipinski definition) is 0. The van der Waals surface area contributed by atoms with E-state index in [0.29, 0.717) is 5.95 Å². The third-order valence-corrected chi connectivity index (χ3v) is 7.32. The number of benzene rings is 2. The number of anilines is 1. The third-order valence-electron chi connectivity index (χ3n) is 5.43. The van der Waals surface area contributed by atoms with Gasteiger partial charge in [0.25, 0.3) is 0 Å². The van der Waals surface area contributed by atoms with E-state index in [9.17, 15) is 0 Å². The molecule has 1 aliphatic heterocycles. The number of rotatable bonds is 4. The van der Waals surface area contributed by atoms with Crippen molar-refractivity contribution in [2.24, 2.45) is 5.10 Å². The fourth-order valence-corrected chi connectivity index (χ4v) is 5.50. The molecule has 150 valence electrons. The minimum absolute atomic E-state index is 0.0990. The molecule has 1 atom stereocenters. The van der Waals surface area contributed by atoms with Crippen LogP contribution >= 0.6 is 22.7 Å². The Morgan fingerprint density at radius 1 is 0.774 bits per heavy atom. The summed E-state index contributed by atoms with van der Waals surface area (Å²) in [5.41, 5.74) is 4.03. The first-order valence-electron chi connectivity index (χ1n) is 10.1. The van der Waals surface area contributed by atoms with E-state index in [1.165, 1.54) is 9.75 Å². The highest BCUT2D eigenvalue weighted by molar-refractivity contribution is 7.12. The molecule has 0 spiro atoms. The zero-order valence-corrected chi connectivity index (χ0v) is 18.2. The van der Waals surface area contributed by atoms with Gasteiger partial charge in [0.15, 0.2) is 0 Å². The first-order valence-corrected chi connectivity index (χ1v) is 11.9. The molecule has 6 rings (SSSR count). The number of fused-ring (bicyclic) bond motifs is 1. The fourth-order valence-electron chi connectivity index (χ4n) is 3.97. The smallest absolute Gasteiger partial charge is 0.223 e. The van der Waals surface area contributed by atoms with Gasteiger partial charge in [-0.2, -0.15) is 5.10 Å². The standard InChI is InChI=1S/C25H18N4S2/c1-2-8-17(9-3-1)24-18-10-4-5-11-19(18)26-25(27-24)29-21(23-13-7-15-31-23)16-20(28-29)22-12-6-14-30-22/h1-15,21H,16H2/t21-/m1/s1. The topological polar surface area (TPSA) is 41.4 Å². The Hall–Kier alpha value is -3.35. The average molecular weight is 439 g/mol. The normalized spacial score (nSPS) is 16.1. The third kappa shape index (κ3) is 3.34. The first kappa shape index (κ1) is 18.4. The van der Waals surface area contributed by atoms with Crippen LogP contribution in [0.3, 0.4) is 0 Å². The van der Waals surface area contributed by atoms with Crippen molar-refractivity contribution in [3.63, 3.8) is 0 Å². The first-order chi connectivity index (χ1) is 15.4. The maximum absolute atomic E-state index is 5.04. The summed E-state index contributed by atoms with van der Waals surface area (Å²) in [5, 5.41) is 12.3. The highest BCUT2D eigenvalue weighted by Crippen LogP contribution is 2.39. The van der Waals surface area contributed by atoms with Crippen LogP contribution in [0.4, 0.5) is 5.95 Å². The Labute approximate surface area is 188 Å². The van der Waals surface area contributed by atoms with Gasteiger partial charge in [-0.15, -0.1) is 22.7 Å². The molecule has 6 heteroatoms. The molecule has 1 aliphatic rings. The van der Waals surface area contributed by atoms with Crippen molar-refractivity contribution < 1.29 is 0 Å². The van der Waals surface area contributed by atoms with Crippen molar-refractivity contribution in [1.29, 1.82) is 0 Å². The highest BCUT2D eigenvalue weighted by atomic mass is 32.1. The molecule has 0 radical (unpaired) electrons. The van der Waals surface area contributed by atoms with E-state index in [0.717, 1.165) is 34.3 Å². The van der Waals surface area contributed by atoms with Crippen LogP contribution in [-0.2, 0) is 0 Å². The number of aromatic nitrogens is 2. The molecule has 0 saturated heterocycles. The minimum Gasteiger partial charge on any atom is -0.223 e. The molecule has 0 aliphatic carbocycles. The molecule has 4 nitrogen and oxygen atoms in total. The summed E-state index contributed by atoms with van der Waals surface area (Å²) in [7, 11) is 0. The van der Waals surface area contributed by atoms with Gasteiger partial charge >= 0.3 is 0 Å². The van der Waals surface area contributed by atoms with Gasteiger partial charge in [0.2, 0.25) is 5.95 Å². The Morgan fingerprint density at radius 3 is 2.39 bits per heavy atom. The molecule has 2 aromatic carbocycles. The lowest BCUT2D eigenvalue weighted by atomic mass is 10.1. The molecule has 31 heavy (non-hydrogen) atoms. The summed E-state index contributed by atoms with van der Waals surface area (Å²) in [5.74, 6) is 0.641. The van der Waals surface area contributed by atoms with Crippen molar-refractivity contribution in [2.75, 3.05) is 5.01 Å². The average Bonchev–Trinajstić information content (AvgIpc) is 3.60. The summed E-state index contributed by atoms with van der Waals surface area (Å²) >= 11 is 3.48. The molecule has 0 bridgehead atoms. The zero-order chi connectivity index (χ0) is 20.6. The van der Waals surface area contributed by atoms with E-state index in [4.69, 9.17) is 15.1 Å². The van der Waals surface area contributed by atoms with Crippen LogP contribution in [-0.4, -0.2) is 15.7 Å². The van der Waals surface area contributed by atoms with Crippen LogP contribution in [0.25, 0.3) is 22.2 Å². The van der Waals surface area contributed by atoms with Crippen molar-refractivity contribution in [1.82, 2.24) is 9.97 Å². The van der Waals surface area contributed by atoms with Crippen molar-refractivity contribution in [3.05, 3.63) is 99.4 Å².